The third-order valence-corrected chi connectivity index (χ3v) is 8.31. The molecular formula is C15H14ClIN2O3S2. The molecule has 0 atom stereocenters. The number of sulfonamides is 1. The molecule has 2 aromatic rings. The molecule has 0 saturated carbocycles. The molecule has 3 rings (SSSR count). The summed E-state index contributed by atoms with van der Waals surface area (Å²) < 4.78 is 28.1. The number of hydrogen-bond donors (Lipinski definition) is 0. The van der Waals surface area contributed by atoms with Crippen molar-refractivity contribution in [1.82, 2.24) is 9.21 Å². The highest BCUT2D eigenvalue weighted by molar-refractivity contribution is 14.1. The topological polar surface area (TPSA) is 57.7 Å². The molecule has 0 bridgehead atoms. The smallest absolute Gasteiger partial charge is 0.255 e. The number of halogens is 2. The highest BCUT2D eigenvalue weighted by atomic mass is 127. The van der Waals surface area contributed by atoms with Crippen molar-refractivity contribution in [3.8, 4) is 0 Å². The molecule has 1 fully saturated rings. The van der Waals surface area contributed by atoms with Crippen LogP contribution in [-0.4, -0.2) is 49.7 Å². The number of thiophene rings is 1. The molecule has 1 aromatic carbocycles. The first-order chi connectivity index (χ1) is 11.4. The Morgan fingerprint density at radius 1 is 1.08 bits per heavy atom. The van der Waals surface area contributed by atoms with E-state index >= 15 is 0 Å². The fraction of sp³-hybridized carbons (Fsp3) is 0.267. The zero-order valence-corrected chi connectivity index (χ0v) is 17.0. The number of piperazine rings is 1. The molecule has 0 N–H and O–H groups in total. The Bertz CT molecular complexity index is 861. The minimum Gasteiger partial charge on any atom is -0.336 e. The molecule has 2 heterocycles. The van der Waals surface area contributed by atoms with Crippen molar-refractivity contribution >= 4 is 61.5 Å². The molecule has 9 heteroatoms. The van der Waals surface area contributed by atoms with Crippen molar-refractivity contribution in [2.45, 2.75) is 4.21 Å². The highest BCUT2D eigenvalue weighted by Crippen LogP contribution is 2.28. The van der Waals surface area contributed by atoms with Crippen LogP contribution < -0.4 is 0 Å². The molecule has 0 unspecified atom stereocenters. The van der Waals surface area contributed by atoms with Crippen LogP contribution in [0.2, 0.25) is 4.34 Å². The molecule has 5 nitrogen and oxygen atoms in total. The third-order valence-electron chi connectivity index (χ3n) is 3.77. The molecule has 1 aliphatic heterocycles. The molecule has 128 valence electrons. The summed E-state index contributed by atoms with van der Waals surface area (Å²) in [6, 6.07) is 10.5. The van der Waals surface area contributed by atoms with Gasteiger partial charge >= 0.3 is 0 Å². The Labute approximate surface area is 163 Å². The number of rotatable bonds is 3. The molecule has 0 aliphatic carbocycles. The number of amides is 1. The fourth-order valence-electron chi connectivity index (χ4n) is 2.50. The second-order valence-corrected chi connectivity index (χ2v) is 10.3. The van der Waals surface area contributed by atoms with Gasteiger partial charge in [-0.25, -0.2) is 8.42 Å². The molecule has 1 amide bonds. The minimum absolute atomic E-state index is 0.0591. The van der Waals surface area contributed by atoms with Gasteiger partial charge in [0.2, 0.25) is 0 Å². The van der Waals surface area contributed by atoms with Crippen LogP contribution in [0.1, 0.15) is 10.4 Å². The van der Waals surface area contributed by atoms with E-state index in [9.17, 15) is 13.2 Å². The van der Waals surface area contributed by atoms with Crippen LogP contribution >= 0.6 is 45.5 Å². The summed E-state index contributed by atoms with van der Waals surface area (Å²) in [5, 5.41) is 0. The van der Waals surface area contributed by atoms with E-state index in [4.69, 9.17) is 11.6 Å². The molecule has 1 saturated heterocycles. The van der Waals surface area contributed by atoms with Gasteiger partial charge in [-0.2, -0.15) is 4.31 Å². The summed E-state index contributed by atoms with van der Waals surface area (Å²) in [6.07, 6.45) is 0. The van der Waals surface area contributed by atoms with Crippen molar-refractivity contribution in [3.63, 3.8) is 0 Å². The van der Waals surface area contributed by atoms with Crippen molar-refractivity contribution in [2.24, 2.45) is 0 Å². The van der Waals surface area contributed by atoms with E-state index in [1.807, 2.05) is 18.2 Å². The van der Waals surface area contributed by atoms with Gasteiger partial charge in [0.15, 0.2) is 0 Å². The van der Waals surface area contributed by atoms with E-state index in [0.29, 0.717) is 23.0 Å². The zero-order valence-electron chi connectivity index (χ0n) is 12.5. The minimum atomic E-state index is -3.54. The Kier molecular flexibility index (Phi) is 5.50. The third kappa shape index (κ3) is 3.62. The summed E-state index contributed by atoms with van der Waals surface area (Å²) in [4.78, 5) is 14.3. The number of benzene rings is 1. The monoisotopic (exact) mass is 496 g/mol. The van der Waals surface area contributed by atoms with Crippen molar-refractivity contribution in [2.75, 3.05) is 26.2 Å². The summed E-state index contributed by atoms with van der Waals surface area (Å²) in [5.41, 5.74) is 0.652. The van der Waals surface area contributed by atoms with Crippen LogP contribution in [0.25, 0.3) is 0 Å². The predicted octanol–water partition coefficient (Wildman–Crippen LogP) is 3.15. The first kappa shape index (κ1) is 18.1. The van der Waals surface area contributed by atoms with Crippen molar-refractivity contribution in [3.05, 3.63) is 49.9 Å². The molecular weight excluding hydrogens is 483 g/mol. The van der Waals surface area contributed by atoms with Gasteiger partial charge in [0, 0.05) is 29.7 Å². The lowest BCUT2D eigenvalue weighted by atomic mass is 10.2. The fourth-order valence-corrected chi connectivity index (χ4v) is 6.18. The summed E-state index contributed by atoms with van der Waals surface area (Å²) in [5.74, 6) is -0.0591. The maximum atomic E-state index is 12.6. The Morgan fingerprint density at radius 2 is 1.75 bits per heavy atom. The summed E-state index contributed by atoms with van der Waals surface area (Å²) in [6.45, 7) is 1.32. The SMILES string of the molecule is O=C(c1ccccc1I)N1CCN(S(=O)(=O)c2ccc(Cl)s2)CC1. The second-order valence-electron chi connectivity index (χ2n) is 5.23. The van der Waals surface area contributed by atoms with Gasteiger partial charge in [0.25, 0.3) is 15.9 Å². The van der Waals surface area contributed by atoms with Gasteiger partial charge in [-0.3, -0.25) is 4.79 Å². The number of carbonyl (C=O) groups is 1. The maximum Gasteiger partial charge on any atom is 0.255 e. The van der Waals surface area contributed by atoms with Gasteiger partial charge in [0.05, 0.1) is 9.90 Å². The highest BCUT2D eigenvalue weighted by Gasteiger charge is 2.31. The van der Waals surface area contributed by atoms with E-state index in [1.165, 1.54) is 10.4 Å². The molecule has 1 aromatic heterocycles. The van der Waals surface area contributed by atoms with E-state index in [1.54, 1.807) is 17.0 Å². The molecule has 0 radical (unpaired) electrons. The zero-order chi connectivity index (χ0) is 17.3. The van der Waals surface area contributed by atoms with Crippen molar-refractivity contribution in [1.29, 1.82) is 0 Å². The van der Waals surface area contributed by atoms with E-state index in [-0.39, 0.29) is 23.2 Å². The van der Waals surface area contributed by atoms with Crippen LogP contribution in [0.5, 0.6) is 0 Å². The summed E-state index contributed by atoms with van der Waals surface area (Å²) in [7, 11) is -3.54. The lowest BCUT2D eigenvalue weighted by Crippen LogP contribution is -2.50. The van der Waals surface area contributed by atoms with E-state index in [2.05, 4.69) is 22.6 Å². The van der Waals surface area contributed by atoms with Crippen molar-refractivity contribution < 1.29 is 13.2 Å². The first-order valence-electron chi connectivity index (χ1n) is 7.19. The molecule has 0 spiro atoms. The van der Waals surface area contributed by atoms with E-state index < -0.39 is 10.0 Å². The maximum absolute atomic E-state index is 12.6. The standard InChI is InChI=1S/C15H14ClIN2O3S2/c16-13-5-6-14(23-13)24(21,22)19-9-7-18(8-10-19)15(20)11-3-1-2-4-12(11)17/h1-6H,7-10H2. The second kappa shape index (κ2) is 7.28. The van der Waals surface area contributed by atoms with Gasteiger partial charge in [-0.05, 0) is 46.9 Å². The van der Waals surface area contributed by atoms with Gasteiger partial charge in [0.1, 0.15) is 4.21 Å². The van der Waals surface area contributed by atoms with Crippen LogP contribution in [0.3, 0.4) is 0 Å². The summed E-state index contributed by atoms with van der Waals surface area (Å²) >= 11 is 9.02. The predicted molar refractivity (Wildman–Crippen MR) is 103 cm³/mol. The largest absolute Gasteiger partial charge is 0.336 e. The number of nitrogens with zero attached hydrogens (tertiary/aromatic N) is 2. The van der Waals surface area contributed by atoms with E-state index in [0.717, 1.165) is 14.9 Å². The number of carbonyl (C=O) groups excluding carboxylic acids is 1. The lowest BCUT2D eigenvalue weighted by molar-refractivity contribution is 0.0697. The van der Waals surface area contributed by atoms with Gasteiger partial charge < -0.3 is 4.90 Å². The quantitative estimate of drug-likeness (QED) is 0.614. The molecule has 24 heavy (non-hydrogen) atoms. The van der Waals surface area contributed by atoms with Crippen LogP contribution in [0, 0.1) is 3.57 Å². The van der Waals surface area contributed by atoms with Gasteiger partial charge in [-0.1, -0.05) is 23.7 Å². The average molecular weight is 497 g/mol. The van der Waals surface area contributed by atoms with Gasteiger partial charge in [-0.15, -0.1) is 11.3 Å². The Hall–Kier alpha value is -0.680. The number of hydrogen-bond acceptors (Lipinski definition) is 4. The average Bonchev–Trinajstić information content (AvgIpc) is 3.02. The molecule has 1 aliphatic rings. The Balaban J connectivity index is 1.70. The van der Waals surface area contributed by atoms with Crippen LogP contribution in [0.4, 0.5) is 0 Å². The Morgan fingerprint density at radius 3 is 2.33 bits per heavy atom. The normalized spacial score (nSPS) is 16.3. The first-order valence-corrected chi connectivity index (χ1v) is 10.9. The van der Waals surface area contributed by atoms with Crippen LogP contribution in [0.15, 0.2) is 40.6 Å². The van der Waals surface area contributed by atoms with Crippen LogP contribution in [-0.2, 0) is 10.0 Å². The lowest BCUT2D eigenvalue weighted by Gasteiger charge is -2.33.